The van der Waals surface area contributed by atoms with E-state index in [0.29, 0.717) is 6.61 Å². The smallest absolute Gasteiger partial charge is 0.410 e. The van der Waals surface area contributed by atoms with E-state index in [4.69, 9.17) is 4.74 Å². The van der Waals surface area contributed by atoms with Gasteiger partial charge in [0.05, 0.1) is 0 Å². The Morgan fingerprint density at radius 2 is 2.11 bits per heavy atom. The first-order valence-corrected chi connectivity index (χ1v) is 6.98. The zero-order valence-corrected chi connectivity index (χ0v) is 11.1. The highest BCUT2D eigenvalue weighted by atomic mass is 16.6. The van der Waals surface area contributed by atoms with Crippen LogP contribution in [0.4, 0.5) is 4.79 Å². The molecule has 0 aliphatic carbocycles. The lowest BCUT2D eigenvalue weighted by atomic mass is 9.80. The average Bonchev–Trinajstić information content (AvgIpc) is 2.44. The molecule has 1 aromatic carbocycles. The van der Waals surface area contributed by atoms with Gasteiger partial charge >= 0.3 is 6.09 Å². The molecule has 1 amide bonds. The molecule has 2 aliphatic heterocycles. The van der Waals surface area contributed by atoms with Crippen molar-refractivity contribution in [2.24, 2.45) is 0 Å². The molecule has 1 spiro atoms. The second-order valence-corrected chi connectivity index (χ2v) is 5.52. The number of ether oxygens (including phenoxy) is 1. The third-order valence-electron chi connectivity index (χ3n) is 4.14. The van der Waals surface area contributed by atoms with Crippen molar-refractivity contribution in [2.75, 3.05) is 19.6 Å². The zero-order chi connectivity index (χ0) is 13.1. The highest BCUT2D eigenvalue weighted by molar-refractivity contribution is 5.68. The molecule has 4 heteroatoms. The number of rotatable bonds is 2. The lowest BCUT2D eigenvalue weighted by molar-refractivity contribution is 0.0450. The summed E-state index contributed by atoms with van der Waals surface area (Å²) in [6, 6.07) is 9.81. The molecule has 4 nitrogen and oxygen atoms in total. The maximum absolute atomic E-state index is 12.1. The summed E-state index contributed by atoms with van der Waals surface area (Å²) in [5.74, 6) is 0. The van der Waals surface area contributed by atoms with Crippen LogP contribution in [-0.4, -0.2) is 36.2 Å². The standard InChI is InChI=1S/C15H20N2O2/c18-14(19-11-13-5-2-1-3-6-13)17-10-4-7-15(12-17)8-9-16-15/h1-3,5-6,16H,4,7-12H2. The van der Waals surface area contributed by atoms with E-state index in [1.165, 1.54) is 12.8 Å². The Kier molecular flexibility index (Phi) is 3.42. The largest absolute Gasteiger partial charge is 0.445 e. The minimum Gasteiger partial charge on any atom is -0.445 e. The lowest BCUT2D eigenvalue weighted by Gasteiger charge is -2.49. The van der Waals surface area contributed by atoms with Gasteiger partial charge < -0.3 is 15.0 Å². The summed E-state index contributed by atoms with van der Waals surface area (Å²) in [5, 5.41) is 3.47. The summed E-state index contributed by atoms with van der Waals surface area (Å²) in [4.78, 5) is 13.9. The molecule has 3 rings (SSSR count). The van der Waals surface area contributed by atoms with Crippen molar-refractivity contribution in [1.82, 2.24) is 10.2 Å². The van der Waals surface area contributed by atoms with Crippen LogP contribution in [0.25, 0.3) is 0 Å². The third-order valence-corrected chi connectivity index (χ3v) is 4.14. The molecule has 2 fully saturated rings. The summed E-state index contributed by atoms with van der Waals surface area (Å²) in [6.07, 6.45) is 3.23. The molecule has 102 valence electrons. The molecule has 1 aromatic rings. The topological polar surface area (TPSA) is 41.6 Å². The maximum atomic E-state index is 12.1. The maximum Gasteiger partial charge on any atom is 0.410 e. The number of carbonyl (C=O) groups is 1. The van der Waals surface area contributed by atoms with Gasteiger partial charge in [-0.1, -0.05) is 30.3 Å². The van der Waals surface area contributed by atoms with Crippen molar-refractivity contribution >= 4 is 6.09 Å². The Labute approximate surface area is 113 Å². The number of carbonyl (C=O) groups excluding carboxylic acids is 1. The van der Waals surface area contributed by atoms with E-state index < -0.39 is 0 Å². The quantitative estimate of drug-likeness (QED) is 0.886. The molecular weight excluding hydrogens is 240 g/mol. The van der Waals surface area contributed by atoms with Gasteiger partial charge in [-0.2, -0.15) is 0 Å². The van der Waals surface area contributed by atoms with Crippen LogP contribution in [-0.2, 0) is 11.3 Å². The average molecular weight is 260 g/mol. The van der Waals surface area contributed by atoms with Crippen LogP contribution in [0.2, 0.25) is 0 Å². The predicted molar refractivity (Wildman–Crippen MR) is 72.8 cm³/mol. The van der Waals surface area contributed by atoms with E-state index in [1.54, 1.807) is 0 Å². The first kappa shape index (κ1) is 12.5. The fraction of sp³-hybridized carbons (Fsp3) is 0.533. The van der Waals surface area contributed by atoms with Gasteiger partial charge in [-0.25, -0.2) is 4.79 Å². The van der Waals surface area contributed by atoms with Crippen molar-refractivity contribution in [1.29, 1.82) is 0 Å². The van der Waals surface area contributed by atoms with Gasteiger partial charge in [-0.05, 0) is 31.4 Å². The fourth-order valence-electron chi connectivity index (χ4n) is 2.93. The van der Waals surface area contributed by atoms with Crippen LogP contribution in [0.5, 0.6) is 0 Å². The highest BCUT2D eigenvalue weighted by Gasteiger charge is 2.41. The number of hydrogen-bond donors (Lipinski definition) is 1. The van der Waals surface area contributed by atoms with E-state index in [9.17, 15) is 4.79 Å². The minimum atomic E-state index is -0.184. The monoisotopic (exact) mass is 260 g/mol. The molecule has 1 atom stereocenters. The fourth-order valence-corrected chi connectivity index (χ4v) is 2.93. The number of benzene rings is 1. The summed E-state index contributed by atoms with van der Waals surface area (Å²) in [5.41, 5.74) is 1.22. The Bertz CT molecular complexity index is 443. The van der Waals surface area contributed by atoms with Gasteiger partial charge in [0.15, 0.2) is 0 Å². The molecule has 0 saturated carbocycles. The number of amides is 1. The SMILES string of the molecule is O=C(OCc1ccccc1)N1CCCC2(CCN2)C1. The predicted octanol–water partition coefficient (Wildman–Crippen LogP) is 2.15. The van der Waals surface area contributed by atoms with E-state index in [1.807, 2.05) is 35.2 Å². The number of likely N-dealkylation sites (tertiary alicyclic amines) is 1. The molecular formula is C15H20N2O2. The molecule has 1 N–H and O–H groups in total. The first-order chi connectivity index (χ1) is 9.27. The number of nitrogens with zero attached hydrogens (tertiary/aromatic N) is 1. The second-order valence-electron chi connectivity index (χ2n) is 5.52. The molecule has 1 unspecified atom stereocenters. The van der Waals surface area contributed by atoms with Crippen molar-refractivity contribution in [3.05, 3.63) is 35.9 Å². The third kappa shape index (κ3) is 2.73. The minimum absolute atomic E-state index is 0.184. The van der Waals surface area contributed by atoms with Crippen LogP contribution >= 0.6 is 0 Å². The van der Waals surface area contributed by atoms with E-state index in [2.05, 4.69) is 5.32 Å². The first-order valence-electron chi connectivity index (χ1n) is 6.98. The van der Waals surface area contributed by atoms with Crippen molar-refractivity contribution in [2.45, 2.75) is 31.4 Å². The summed E-state index contributed by atoms with van der Waals surface area (Å²) < 4.78 is 5.39. The van der Waals surface area contributed by atoms with Crippen molar-refractivity contribution in [3.63, 3.8) is 0 Å². The van der Waals surface area contributed by atoms with Crippen LogP contribution in [0, 0.1) is 0 Å². The van der Waals surface area contributed by atoms with Crippen LogP contribution in [0.1, 0.15) is 24.8 Å². The Hall–Kier alpha value is -1.55. The molecule has 0 bridgehead atoms. The highest BCUT2D eigenvalue weighted by Crippen LogP contribution is 2.30. The number of nitrogens with one attached hydrogen (secondary N) is 1. The molecule has 2 saturated heterocycles. The number of piperidine rings is 1. The number of hydrogen-bond acceptors (Lipinski definition) is 3. The normalized spacial score (nSPS) is 26.0. The molecule has 19 heavy (non-hydrogen) atoms. The lowest BCUT2D eigenvalue weighted by Crippen LogP contribution is -2.65. The van der Waals surface area contributed by atoms with Gasteiger partial charge in [0.1, 0.15) is 6.61 Å². The van der Waals surface area contributed by atoms with Gasteiger partial charge in [0.2, 0.25) is 0 Å². The van der Waals surface area contributed by atoms with Gasteiger partial charge in [0, 0.05) is 18.6 Å². The van der Waals surface area contributed by atoms with Gasteiger partial charge in [-0.15, -0.1) is 0 Å². The second kappa shape index (κ2) is 5.21. The molecule has 2 aliphatic rings. The summed E-state index contributed by atoms with van der Waals surface area (Å²) in [6.45, 7) is 3.04. The van der Waals surface area contributed by atoms with Crippen molar-refractivity contribution < 1.29 is 9.53 Å². The zero-order valence-electron chi connectivity index (χ0n) is 11.1. The molecule has 2 heterocycles. The van der Waals surface area contributed by atoms with Crippen LogP contribution in [0.3, 0.4) is 0 Å². The molecule has 0 radical (unpaired) electrons. The van der Waals surface area contributed by atoms with Gasteiger partial charge in [0.25, 0.3) is 0 Å². The Morgan fingerprint density at radius 1 is 1.32 bits per heavy atom. The van der Waals surface area contributed by atoms with Gasteiger partial charge in [-0.3, -0.25) is 0 Å². The van der Waals surface area contributed by atoms with Crippen molar-refractivity contribution in [3.8, 4) is 0 Å². The van der Waals surface area contributed by atoms with Crippen LogP contribution < -0.4 is 5.32 Å². The summed E-state index contributed by atoms with van der Waals surface area (Å²) in [7, 11) is 0. The summed E-state index contributed by atoms with van der Waals surface area (Å²) >= 11 is 0. The van der Waals surface area contributed by atoms with E-state index >= 15 is 0 Å². The van der Waals surface area contributed by atoms with Crippen LogP contribution in [0.15, 0.2) is 30.3 Å². The molecule has 0 aromatic heterocycles. The Morgan fingerprint density at radius 3 is 2.79 bits per heavy atom. The Balaban J connectivity index is 1.52. The van der Waals surface area contributed by atoms with E-state index in [-0.39, 0.29) is 11.6 Å². The van der Waals surface area contributed by atoms with E-state index in [0.717, 1.165) is 31.6 Å².